The van der Waals surface area contributed by atoms with Crippen molar-refractivity contribution in [2.45, 2.75) is 19.1 Å². The minimum absolute atomic E-state index is 0.213. The van der Waals surface area contributed by atoms with Crippen molar-refractivity contribution in [2.75, 3.05) is 6.61 Å². The van der Waals surface area contributed by atoms with Crippen LogP contribution < -0.4 is 5.32 Å². The number of carbonyl (C=O) groups is 3. The molecule has 0 spiro atoms. The number of rotatable bonds is 8. The lowest BCUT2D eigenvalue weighted by Gasteiger charge is -2.12. The second kappa shape index (κ2) is 7.90. The van der Waals surface area contributed by atoms with E-state index in [-0.39, 0.29) is 13.2 Å². The number of carboxylic acids is 2. The molecule has 0 saturated carbocycles. The molecule has 1 amide bonds. The third-order valence-corrected chi connectivity index (χ3v) is 2.36. The van der Waals surface area contributed by atoms with Gasteiger partial charge in [-0.1, -0.05) is 30.3 Å². The molecule has 1 aromatic carbocycles. The maximum absolute atomic E-state index is 11.4. The normalized spacial score (nSPS) is 11.6. The highest BCUT2D eigenvalue weighted by Gasteiger charge is 2.22. The number of hydrogen-bond donors (Lipinski definition) is 3. The molecular formula is C13H15NO6. The van der Waals surface area contributed by atoms with Gasteiger partial charge in [0.2, 0.25) is 5.91 Å². The van der Waals surface area contributed by atoms with Gasteiger partial charge in [0, 0.05) is 0 Å². The van der Waals surface area contributed by atoms with Crippen molar-refractivity contribution in [3.63, 3.8) is 0 Å². The van der Waals surface area contributed by atoms with Gasteiger partial charge in [-0.15, -0.1) is 0 Å². The van der Waals surface area contributed by atoms with Crippen LogP contribution in [0.5, 0.6) is 0 Å². The number of ether oxygens (including phenoxy) is 1. The standard InChI is InChI=1S/C13H15NO6/c15-11(14-10(13(18)19)6-12(16)17)8-20-7-9-4-2-1-3-5-9/h1-5,10H,6-8H2,(H,14,15)(H,16,17)(H,18,19)/t10-/m0/s1. The molecule has 1 rings (SSSR count). The van der Waals surface area contributed by atoms with Crippen molar-refractivity contribution >= 4 is 17.8 Å². The number of aliphatic carboxylic acids is 2. The Morgan fingerprint density at radius 1 is 1.15 bits per heavy atom. The van der Waals surface area contributed by atoms with Crippen LogP contribution in [0.3, 0.4) is 0 Å². The van der Waals surface area contributed by atoms with Crippen LogP contribution in [-0.4, -0.2) is 40.7 Å². The molecule has 1 aromatic rings. The molecule has 0 fully saturated rings. The van der Waals surface area contributed by atoms with Gasteiger partial charge >= 0.3 is 11.9 Å². The van der Waals surface area contributed by atoms with Crippen LogP contribution in [0.1, 0.15) is 12.0 Å². The van der Waals surface area contributed by atoms with E-state index >= 15 is 0 Å². The summed E-state index contributed by atoms with van der Waals surface area (Å²) in [5.41, 5.74) is 0.876. The summed E-state index contributed by atoms with van der Waals surface area (Å²) in [7, 11) is 0. The van der Waals surface area contributed by atoms with E-state index in [2.05, 4.69) is 5.32 Å². The molecule has 0 aliphatic rings. The van der Waals surface area contributed by atoms with Crippen molar-refractivity contribution in [1.29, 1.82) is 0 Å². The minimum atomic E-state index is -1.46. The number of carbonyl (C=O) groups excluding carboxylic acids is 1. The highest BCUT2D eigenvalue weighted by molar-refractivity contribution is 5.87. The highest BCUT2D eigenvalue weighted by atomic mass is 16.5. The Morgan fingerprint density at radius 2 is 1.80 bits per heavy atom. The third-order valence-electron chi connectivity index (χ3n) is 2.36. The second-order valence-corrected chi connectivity index (χ2v) is 4.03. The summed E-state index contributed by atoms with van der Waals surface area (Å²) in [5.74, 6) is -3.37. The first-order valence-electron chi connectivity index (χ1n) is 5.84. The Morgan fingerprint density at radius 3 is 2.35 bits per heavy atom. The van der Waals surface area contributed by atoms with Crippen molar-refractivity contribution in [2.24, 2.45) is 0 Å². The maximum Gasteiger partial charge on any atom is 0.326 e. The van der Waals surface area contributed by atoms with E-state index in [0.717, 1.165) is 5.56 Å². The van der Waals surface area contributed by atoms with Gasteiger partial charge in [0.25, 0.3) is 0 Å². The van der Waals surface area contributed by atoms with Crippen LogP contribution in [0.4, 0.5) is 0 Å². The van der Waals surface area contributed by atoms with Gasteiger partial charge in [-0.3, -0.25) is 9.59 Å². The lowest BCUT2D eigenvalue weighted by Crippen LogP contribution is -2.43. The molecule has 0 aliphatic carbocycles. The third kappa shape index (κ3) is 5.96. The predicted molar refractivity (Wildman–Crippen MR) is 67.9 cm³/mol. The number of nitrogens with one attached hydrogen (secondary N) is 1. The molecule has 0 saturated heterocycles. The van der Waals surface area contributed by atoms with Crippen LogP contribution in [0.15, 0.2) is 30.3 Å². The fourth-order valence-corrected chi connectivity index (χ4v) is 1.45. The molecule has 20 heavy (non-hydrogen) atoms. The first-order valence-corrected chi connectivity index (χ1v) is 5.84. The van der Waals surface area contributed by atoms with Gasteiger partial charge in [0.15, 0.2) is 0 Å². The average molecular weight is 281 g/mol. The average Bonchev–Trinajstić information content (AvgIpc) is 2.38. The van der Waals surface area contributed by atoms with Crippen molar-refractivity contribution in [1.82, 2.24) is 5.32 Å². The van der Waals surface area contributed by atoms with Crippen LogP contribution >= 0.6 is 0 Å². The fraction of sp³-hybridized carbons (Fsp3) is 0.308. The van der Waals surface area contributed by atoms with Crippen LogP contribution in [-0.2, 0) is 25.7 Å². The van der Waals surface area contributed by atoms with Gasteiger partial charge in [-0.2, -0.15) is 0 Å². The lowest BCUT2D eigenvalue weighted by atomic mass is 10.2. The predicted octanol–water partition coefficient (Wildman–Crippen LogP) is 0.247. The molecule has 0 aromatic heterocycles. The fourth-order valence-electron chi connectivity index (χ4n) is 1.45. The number of hydrogen-bond acceptors (Lipinski definition) is 4. The van der Waals surface area contributed by atoms with Crippen molar-refractivity contribution < 1.29 is 29.3 Å². The van der Waals surface area contributed by atoms with Crippen LogP contribution in [0.25, 0.3) is 0 Å². The summed E-state index contributed by atoms with van der Waals surface area (Å²) in [6.45, 7) is -0.122. The summed E-state index contributed by atoms with van der Waals surface area (Å²) in [4.78, 5) is 32.6. The molecule has 7 heteroatoms. The van der Waals surface area contributed by atoms with Crippen LogP contribution in [0.2, 0.25) is 0 Å². The number of carboxylic acid groups (broad SMARTS) is 2. The summed E-state index contributed by atoms with van der Waals surface area (Å²) in [6, 6.07) is 7.68. The van der Waals surface area contributed by atoms with Crippen LogP contribution in [0, 0.1) is 0 Å². The largest absolute Gasteiger partial charge is 0.481 e. The van der Waals surface area contributed by atoms with E-state index in [1.54, 1.807) is 0 Å². The lowest BCUT2D eigenvalue weighted by molar-refractivity contribution is -0.147. The molecule has 0 aliphatic heterocycles. The zero-order chi connectivity index (χ0) is 15.0. The van der Waals surface area contributed by atoms with E-state index in [1.165, 1.54) is 0 Å². The van der Waals surface area contributed by atoms with Gasteiger partial charge in [0.05, 0.1) is 13.0 Å². The molecule has 0 radical (unpaired) electrons. The minimum Gasteiger partial charge on any atom is -0.481 e. The molecule has 0 heterocycles. The van der Waals surface area contributed by atoms with Gasteiger partial charge in [-0.05, 0) is 5.56 Å². The molecule has 108 valence electrons. The highest BCUT2D eigenvalue weighted by Crippen LogP contribution is 2.00. The van der Waals surface area contributed by atoms with E-state index in [0.29, 0.717) is 0 Å². The summed E-state index contributed by atoms with van der Waals surface area (Å²) >= 11 is 0. The van der Waals surface area contributed by atoms with Gasteiger partial charge < -0.3 is 20.3 Å². The topological polar surface area (TPSA) is 113 Å². The Balaban J connectivity index is 2.35. The zero-order valence-electron chi connectivity index (χ0n) is 10.6. The maximum atomic E-state index is 11.4. The van der Waals surface area contributed by atoms with E-state index < -0.39 is 30.3 Å². The summed E-state index contributed by atoms with van der Waals surface area (Å²) in [5, 5.41) is 19.4. The first-order chi connectivity index (χ1) is 9.49. The van der Waals surface area contributed by atoms with Crippen molar-refractivity contribution in [3.8, 4) is 0 Å². The molecule has 0 bridgehead atoms. The molecule has 7 nitrogen and oxygen atoms in total. The quantitative estimate of drug-likeness (QED) is 0.629. The smallest absolute Gasteiger partial charge is 0.326 e. The van der Waals surface area contributed by atoms with Gasteiger partial charge in [-0.25, -0.2) is 4.79 Å². The SMILES string of the molecule is O=C(O)C[C@H](NC(=O)COCc1ccccc1)C(=O)O. The Bertz CT molecular complexity index is 473. The van der Waals surface area contributed by atoms with E-state index in [1.807, 2.05) is 30.3 Å². The van der Waals surface area contributed by atoms with Gasteiger partial charge in [0.1, 0.15) is 12.6 Å². The summed E-state index contributed by atoms with van der Waals surface area (Å²) < 4.78 is 5.11. The van der Waals surface area contributed by atoms with E-state index in [9.17, 15) is 14.4 Å². The Labute approximate surface area is 115 Å². The summed E-state index contributed by atoms with van der Waals surface area (Å²) in [6.07, 6.45) is -0.681. The molecule has 1 atom stereocenters. The molecule has 3 N–H and O–H groups in total. The second-order valence-electron chi connectivity index (χ2n) is 4.03. The first kappa shape index (κ1) is 15.6. The van der Waals surface area contributed by atoms with E-state index in [4.69, 9.17) is 14.9 Å². The molecular weight excluding hydrogens is 266 g/mol. The Kier molecular flexibility index (Phi) is 6.18. The molecule has 0 unspecified atom stereocenters. The zero-order valence-corrected chi connectivity index (χ0v) is 10.6. The Hall–Kier alpha value is -2.41. The number of benzene rings is 1. The number of amides is 1. The monoisotopic (exact) mass is 281 g/mol. The van der Waals surface area contributed by atoms with Crippen molar-refractivity contribution in [3.05, 3.63) is 35.9 Å².